The Morgan fingerprint density at radius 3 is 2.38 bits per heavy atom. The van der Waals surface area contributed by atoms with E-state index in [9.17, 15) is 13.2 Å². The van der Waals surface area contributed by atoms with Gasteiger partial charge in [0.25, 0.3) is 0 Å². The molecule has 0 N–H and O–H groups in total. The number of benzene rings is 2. The molecule has 2 aromatic carbocycles. The maximum Gasteiger partial charge on any atom is 0.422 e. The second-order valence-corrected chi connectivity index (χ2v) is 6.98. The van der Waals surface area contributed by atoms with E-state index in [-0.39, 0.29) is 5.88 Å². The predicted octanol–water partition coefficient (Wildman–Crippen LogP) is 6.31. The topological polar surface area (TPSA) is 39.4 Å². The highest BCUT2D eigenvalue weighted by Crippen LogP contribution is 2.38. The van der Waals surface area contributed by atoms with Gasteiger partial charge in [-0.3, -0.25) is 0 Å². The second kappa shape index (κ2) is 7.57. The summed E-state index contributed by atoms with van der Waals surface area (Å²) in [6.07, 6.45) is -3.11. The first-order chi connectivity index (χ1) is 13.8. The average Bonchev–Trinajstić information content (AvgIpc) is 3.06. The number of aromatic nitrogens is 3. The molecular weight excluding hydrogens is 426 g/mol. The molecule has 0 amide bonds. The number of rotatable bonds is 4. The lowest BCUT2D eigenvalue weighted by molar-refractivity contribution is -0.154. The van der Waals surface area contributed by atoms with Crippen molar-refractivity contribution < 1.29 is 17.9 Å². The molecule has 0 radical (unpaired) electrons. The van der Waals surface area contributed by atoms with E-state index in [2.05, 4.69) is 10.1 Å². The van der Waals surface area contributed by atoms with E-state index in [4.69, 9.17) is 27.9 Å². The first-order valence-electron chi connectivity index (χ1n) is 8.41. The average molecular weight is 438 g/mol. The lowest BCUT2D eigenvalue weighted by Crippen LogP contribution is -2.20. The van der Waals surface area contributed by atoms with Crippen LogP contribution in [0.1, 0.15) is 0 Å². The number of hydrogen-bond acceptors (Lipinski definition) is 3. The van der Waals surface area contributed by atoms with Crippen molar-refractivity contribution in [3.05, 3.63) is 70.8 Å². The van der Waals surface area contributed by atoms with Gasteiger partial charge in [0.2, 0.25) is 5.88 Å². The largest absolute Gasteiger partial charge is 0.468 e. The minimum Gasteiger partial charge on any atom is -0.468 e. The second-order valence-electron chi connectivity index (χ2n) is 6.13. The zero-order valence-electron chi connectivity index (χ0n) is 14.6. The summed E-state index contributed by atoms with van der Waals surface area (Å²) in [4.78, 5) is 4.32. The molecule has 0 bridgehead atoms. The van der Waals surface area contributed by atoms with E-state index in [0.717, 1.165) is 5.56 Å². The smallest absolute Gasteiger partial charge is 0.422 e. The number of hydrogen-bond donors (Lipinski definition) is 0. The Kier molecular flexibility index (Phi) is 5.10. The Morgan fingerprint density at radius 2 is 1.69 bits per heavy atom. The van der Waals surface area contributed by atoms with Gasteiger partial charge in [0, 0.05) is 22.8 Å². The van der Waals surface area contributed by atoms with Gasteiger partial charge in [-0.1, -0.05) is 53.5 Å². The van der Waals surface area contributed by atoms with Gasteiger partial charge in [0.15, 0.2) is 12.3 Å². The van der Waals surface area contributed by atoms with E-state index in [1.807, 2.05) is 0 Å². The molecule has 29 heavy (non-hydrogen) atoms. The van der Waals surface area contributed by atoms with E-state index >= 15 is 0 Å². The maximum atomic E-state index is 12.6. The Bertz CT molecular complexity index is 1170. The van der Waals surface area contributed by atoms with Crippen LogP contribution in [-0.2, 0) is 0 Å². The van der Waals surface area contributed by atoms with Crippen molar-refractivity contribution in [2.24, 2.45) is 0 Å². The molecule has 4 aromatic rings. The molecule has 0 aliphatic heterocycles. The Labute approximate surface area is 173 Å². The van der Waals surface area contributed by atoms with Crippen LogP contribution in [-0.4, -0.2) is 27.4 Å². The maximum absolute atomic E-state index is 12.6. The molecule has 4 nitrogen and oxygen atoms in total. The van der Waals surface area contributed by atoms with Crippen LogP contribution in [0.2, 0.25) is 10.0 Å². The number of fused-ring (bicyclic) bond motifs is 1. The molecule has 0 aliphatic carbocycles. The van der Waals surface area contributed by atoms with Crippen LogP contribution in [0.5, 0.6) is 5.88 Å². The van der Waals surface area contributed by atoms with Crippen molar-refractivity contribution in [3.8, 4) is 28.3 Å². The summed E-state index contributed by atoms with van der Waals surface area (Å²) < 4.78 is 44.1. The fourth-order valence-corrected chi connectivity index (χ4v) is 3.26. The Balaban J connectivity index is 1.96. The lowest BCUT2D eigenvalue weighted by Gasteiger charge is -2.09. The van der Waals surface area contributed by atoms with Gasteiger partial charge in [-0.05, 0) is 23.8 Å². The third kappa shape index (κ3) is 4.02. The van der Waals surface area contributed by atoms with Crippen LogP contribution in [0, 0.1) is 0 Å². The van der Waals surface area contributed by atoms with Crippen molar-refractivity contribution in [2.45, 2.75) is 6.18 Å². The van der Waals surface area contributed by atoms with Crippen molar-refractivity contribution in [1.82, 2.24) is 14.6 Å². The molecule has 0 atom stereocenters. The van der Waals surface area contributed by atoms with Gasteiger partial charge in [0.1, 0.15) is 5.69 Å². The SMILES string of the molecule is FC(F)(F)COc1ccnc2c(-c3ccc(Cl)cc3)c(-c3ccccc3Cl)nn12. The highest BCUT2D eigenvalue weighted by atomic mass is 35.5. The summed E-state index contributed by atoms with van der Waals surface area (Å²) in [5.41, 5.74) is 2.76. The van der Waals surface area contributed by atoms with Crippen molar-refractivity contribution in [1.29, 1.82) is 0 Å². The van der Waals surface area contributed by atoms with Crippen molar-refractivity contribution >= 4 is 28.8 Å². The molecule has 9 heteroatoms. The number of halogens is 5. The summed E-state index contributed by atoms with van der Waals surface area (Å²) in [7, 11) is 0. The number of alkyl halides is 3. The van der Waals surface area contributed by atoms with Crippen LogP contribution >= 0.6 is 23.2 Å². The normalized spacial score (nSPS) is 11.8. The van der Waals surface area contributed by atoms with Crippen molar-refractivity contribution in [3.63, 3.8) is 0 Å². The predicted molar refractivity (Wildman–Crippen MR) is 105 cm³/mol. The minimum absolute atomic E-state index is 0.0826. The van der Waals surface area contributed by atoms with Gasteiger partial charge in [-0.25, -0.2) is 4.98 Å². The van der Waals surface area contributed by atoms with Gasteiger partial charge in [0.05, 0.1) is 10.6 Å². The van der Waals surface area contributed by atoms with Crippen LogP contribution < -0.4 is 4.74 Å². The summed E-state index contributed by atoms with van der Waals surface area (Å²) >= 11 is 12.4. The Hall–Kier alpha value is -2.77. The summed E-state index contributed by atoms with van der Waals surface area (Å²) in [6, 6.07) is 15.4. The van der Waals surface area contributed by atoms with Gasteiger partial charge >= 0.3 is 6.18 Å². The highest BCUT2D eigenvalue weighted by Gasteiger charge is 2.29. The third-order valence-electron chi connectivity index (χ3n) is 4.13. The minimum atomic E-state index is -4.48. The molecule has 2 aromatic heterocycles. The molecular formula is C20H12Cl2F3N3O. The van der Waals surface area contributed by atoms with Crippen molar-refractivity contribution in [2.75, 3.05) is 6.61 Å². The molecule has 0 unspecified atom stereocenters. The number of nitrogens with zero attached hydrogens (tertiary/aromatic N) is 3. The highest BCUT2D eigenvalue weighted by molar-refractivity contribution is 6.33. The molecule has 0 spiro atoms. The summed E-state index contributed by atoms with van der Waals surface area (Å²) in [5, 5.41) is 5.48. The molecule has 0 saturated carbocycles. The van der Waals surface area contributed by atoms with E-state index in [1.54, 1.807) is 48.5 Å². The lowest BCUT2D eigenvalue weighted by atomic mass is 10.0. The number of ether oxygens (including phenoxy) is 1. The summed E-state index contributed by atoms with van der Waals surface area (Å²) in [5.74, 6) is -0.0826. The zero-order chi connectivity index (χ0) is 20.6. The fourth-order valence-electron chi connectivity index (χ4n) is 2.91. The van der Waals surface area contributed by atoms with Gasteiger partial charge in [-0.15, -0.1) is 0 Å². The zero-order valence-corrected chi connectivity index (χ0v) is 16.1. The first kappa shape index (κ1) is 19.5. The monoisotopic (exact) mass is 437 g/mol. The van der Waals surface area contributed by atoms with E-state index in [0.29, 0.717) is 32.5 Å². The quantitative estimate of drug-likeness (QED) is 0.375. The summed E-state index contributed by atoms with van der Waals surface area (Å²) in [6.45, 7) is -1.44. The molecule has 0 saturated heterocycles. The molecule has 0 aliphatic rings. The van der Waals surface area contributed by atoms with Crippen LogP contribution in [0.3, 0.4) is 0 Å². The Morgan fingerprint density at radius 1 is 0.966 bits per heavy atom. The standard InChI is InChI=1S/C20H12Cl2F3N3O/c21-13-7-5-12(6-8-13)17-18(14-3-1-2-4-15(14)22)27-28-16(9-10-26-19(17)28)29-11-20(23,24)25/h1-10H,11H2. The molecule has 4 rings (SSSR count). The first-order valence-corrected chi connectivity index (χ1v) is 9.17. The fraction of sp³-hybridized carbons (Fsp3) is 0.100. The third-order valence-corrected chi connectivity index (χ3v) is 4.71. The van der Waals surface area contributed by atoms with E-state index in [1.165, 1.54) is 16.8 Å². The van der Waals surface area contributed by atoms with Crippen LogP contribution in [0.15, 0.2) is 60.8 Å². The molecule has 148 valence electrons. The van der Waals surface area contributed by atoms with Crippen LogP contribution in [0.4, 0.5) is 13.2 Å². The van der Waals surface area contributed by atoms with Gasteiger partial charge in [-0.2, -0.15) is 22.8 Å². The molecule has 0 fully saturated rings. The molecule has 2 heterocycles. The van der Waals surface area contributed by atoms with Crippen LogP contribution in [0.25, 0.3) is 28.0 Å². The van der Waals surface area contributed by atoms with Gasteiger partial charge < -0.3 is 4.74 Å². The van der Waals surface area contributed by atoms with E-state index < -0.39 is 12.8 Å².